The topological polar surface area (TPSA) is 0 Å². The van der Waals surface area contributed by atoms with Crippen LogP contribution in [0.1, 0.15) is 158 Å². The van der Waals surface area contributed by atoms with Crippen LogP contribution in [-0.4, -0.2) is 16.1 Å². The van der Waals surface area contributed by atoms with Gasteiger partial charge in [-0.25, -0.2) is 0 Å². The van der Waals surface area contributed by atoms with E-state index in [9.17, 15) is 52.7 Å². The van der Waals surface area contributed by atoms with E-state index in [0.717, 1.165) is 95.2 Å². The predicted octanol–water partition coefficient (Wildman–Crippen LogP) is 25.8. The maximum atomic E-state index is 13.6. The monoisotopic (exact) mass is 1410 g/mol. The summed E-state index contributed by atoms with van der Waals surface area (Å²) in [6, 6.07) is 34.9. The van der Waals surface area contributed by atoms with Crippen LogP contribution in [0.25, 0.3) is 34.4 Å². The molecule has 12 rings (SSSR count). The fourth-order valence-electron chi connectivity index (χ4n) is 19.2. The fraction of sp³-hybridized carbons (Fsp3) is 0.432. The molecule has 12 unspecified atom stereocenters. The third-order valence-electron chi connectivity index (χ3n) is 21.7. The third kappa shape index (κ3) is 14.5. The summed E-state index contributed by atoms with van der Waals surface area (Å²) in [5.41, 5.74) is 9.95. The van der Waals surface area contributed by atoms with Gasteiger partial charge in [0.1, 0.15) is 0 Å². The van der Waals surface area contributed by atoms with Crippen molar-refractivity contribution >= 4 is 45.3 Å². The molecule has 17 heteroatoms. The molecular weight excluding hydrogens is 1340 g/mol. The third-order valence-corrected chi connectivity index (χ3v) is 31.7. The Labute approximate surface area is 551 Å². The first kappa shape index (κ1) is 72.7. The van der Waals surface area contributed by atoms with Crippen LogP contribution in [0.2, 0.25) is 37.3 Å². The molecule has 0 heterocycles. The first-order chi connectivity index (χ1) is 41.8. The van der Waals surface area contributed by atoms with Gasteiger partial charge in [-0.3, -0.25) is 0 Å². The number of fused-ring (bicyclic) bond motifs is 4. The molecule has 0 nitrogen and oxygen atoms in total. The Kier molecular flexibility index (Phi) is 22.3. The summed E-state index contributed by atoms with van der Waals surface area (Å²) in [4.78, 5) is 0. The summed E-state index contributed by atoms with van der Waals surface area (Å²) in [6.45, 7) is 18.9. The predicted molar refractivity (Wildman–Crippen MR) is 351 cm³/mol. The summed E-state index contributed by atoms with van der Waals surface area (Å²) < 4.78 is 163. The van der Waals surface area contributed by atoms with Gasteiger partial charge in [-0.05, 0) is 190 Å². The van der Waals surface area contributed by atoms with Crippen LogP contribution in [0.3, 0.4) is 0 Å². The minimum atomic E-state index is -4.43. The number of hydrogen-bond donors (Lipinski definition) is 0. The summed E-state index contributed by atoms with van der Waals surface area (Å²) in [7, 11) is 5.69. The molecule has 6 aromatic carbocycles. The van der Waals surface area contributed by atoms with Gasteiger partial charge in [-0.1, -0.05) is 186 Å². The quantitative estimate of drug-likeness (QED) is 0.0809. The van der Waals surface area contributed by atoms with E-state index in [1.807, 2.05) is 36.4 Å². The molecule has 4 fully saturated rings. The summed E-state index contributed by atoms with van der Waals surface area (Å²) in [5.74, 6) is 3.45. The van der Waals surface area contributed by atoms with Gasteiger partial charge in [0, 0.05) is 11.1 Å². The Balaban J connectivity index is 0.000000220. The average Bonchev–Trinajstić information content (AvgIpc) is 1.60. The summed E-state index contributed by atoms with van der Waals surface area (Å²) >= 11 is -0.826. The second-order valence-electron chi connectivity index (χ2n) is 27.6. The number of halogens is 14. The first-order valence-corrected chi connectivity index (χ1v) is 43.7. The Morgan fingerprint density at radius 1 is 0.418 bits per heavy atom. The molecule has 0 N–H and O–H groups in total. The molecule has 0 aliphatic heterocycles. The molecule has 91 heavy (non-hydrogen) atoms. The molecule has 488 valence electrons. The number of rotatable bonds is 8. The van der Waals surface area contributed by atoms with Crippen LogP contribution < -0.4 is 0 Å². The average molecular weight is 1420 g/mol. The second-order valence-corrected chi connectivity index (χ2v) is 41.1. The Hall–Kier alpha value is -4.14. The van der Waals surface area contributed by atoms with Crippen molar-refractivity contribution in [2.75, 3.05) is 0 Å². The zero-order chi connectivity index (χ0) is 64.5. The minimum absolute atomic E-state index is 0. The van der Waals surface area contributed by atoms with Crippen molar-refractivity contribution in [3.8, 4) is 22.3 Å². The van der Waals surface area contributed by atoms with Crippen molar-refractivity contribution < 1.29 is 73.5 Å². The van der Waals surface area contributed by atoms with E-state index in [0.29, 0.717) is 57.7 Å². The first-order valence-electron chi connectivity index (χ1n) is 31.0. The molecule has 0 saturated heterocycles. The molecule has 0 bridgehead atoms. The molecule has 6 aliphatic carbocycles. The molecule has 0 spiro atoms. The molecule has 12 atom stereocenters. The van der Waals surface area contributed by atoms with Gasteiger partial charge < -0.3 is 14.9 Å². The number of hydrogen-bond acceptors (Lipinski definition) is 0. The number of benzene rings is 6. The second kappa shape index (κ2) is 27.9. The molecular formula is C74H82Cl2F12Si2Zr. The van der Waals surface area contributed by atoms with Gasteiger partial charge in [0.25, 0.3) is 0 Å². The van der Waals surface area contributed by atoms with E-state index in [2.05, 4.69) is 78.2 Å². The van der Waals surface area contributed by atoms with E-state index in [-0.39, 0.29) is 37.8 Å². The van der Waals surface area contributed by atoms with Gasteiger partial charge in [0.2, 0.25) is 0 Å². The van der Waals surface area contributed by atoms with E-state index in [1.54, 1.807) is 24.3 Å². The van der Waals surface area contributed by atoms with Gasteiger partial charge in [0.15, 0.2) is 0 Å². The van der Waals surface area contributed by atoms with E-state index < -0.39 is 84.0 Å². The summed E-state index contributed by atoms with van der Waals surface area (Å²) in [6.07, 6.45) is -4.66. The number of alkyl halides is 12. The maximum absolute atomic E-state index is 13.6. The van der Waals surface area contributed by atoms with Crippen molar-refractivity contribution in [2.45, 2.75) is 164 Å². The molecule has 0 radical (unpaired) electrons. The van der Waals surface area contributed by atoms with Crippen molar-refractivity contribution in [3.63, 3.8) is 0 Å². The summed E-state index contributed by atoms with van der Waals surface area (Å²) in [5, 5.41) is 0. The fourth-order valence-corrected chi connectivity index (χ4v) is 30.8. The Morgan fingerprint density at radius 2 is 0.736 bits per heavy atom. The van der Waals surface area contributed by atoms with Gasteiger partial charge in [0.05, 0.1) is 38.4 Å². The molecule has 4 saturated carbocycles. The molecule has 6 aromatic rings. The Morgan fingerprint density at radius 3 is 1.08 bits per heavy atom. The molecule has 0 amide bonds. The van der Waals surface area contributed by atoms with Crippen molar-refractivity contribution in [1.82, 2.24) is 0 Å². The van der Waals surface area contributed by atoms with Crippen LogP contribution >= 0.6 is 17.0 Å². The van der Waals surface area contributed by atoms with Crippen molar-refractivity contribution in [1.29, 1.82) is 0 Å². The van der Waals surface area contributed by atoms with Gasteiger partial charge >= 0.3 is 62.6 Å². The van der Waals surface area contributed by atoms with Crippen LogP contribution in [0.15, 0.2) is 145 Å². The van der Waals surface area contributed by atoms with E-state index in [1.165, 1.54) is 72.5 Å². The van der Waals surface area contributed by atoms with Gasteiger partial charge in [-0.2, -0.15) is 52.7 Å². The molecule has 6 aliphatic rings. The van der Waals surface area contributed by atoms with E-state index in [4.69, 9.17) is 17.0 Å². The van der Waals surface area contributed by atoms with Crippen LogP contribution in [-0.2, 0) is 45.6 Å². The zero-order valence-electron chi connectivity index (χ0n) is 53.2. The van der Waals surface area contributed by atoms with Gasteiger partial charge in [-0.15, -0.1) is 0 Å². The zero-order valence-corrected chi connectivity index (χ0v) is 59.2. The SMILES string of the molecule is CC1=Cc2c(-c3cccc(C(F)(F)F)c3)cccc2C1[Si](C)(C)C1C(C)=Cc2c(-c3cccc(C(F)(F)F)c3)cccc21.CC1CC2C(c3cccc(C(F)(F)F)c3)CCCC2C1[Si](C)(C)C1C(C)CC2C(c3cccc(C(F)(F)F)c3)CCCC21.[CH3-].[CH3-].[Cl][Zr+2][Cl]. The molecule has 0 aromatic heterocycles. The van der Waals surface area contributed by atoms with Crippen LogP contribution in [0.4, 0.5) is 52.7 Å². The Bertz CT molecular complexity index is 3370. The van der Waals surface area contributed by atoms with Crippen molar-refractivity contribution in [2.24, 2.45) is 35.5 Å². The standard InChI is InChI=1S/C36H46F6Si.C36H30F6Si.2CH3.2ClH.Zr/c2*1-21-17-31-27(23-9-5-11-25(19-23)35(37,38)39)13-7-15-29(31)33(21)43(3,4)34-22(2)18-32-28(14-8-16-30(32)34)24-10-6-12-26(20-24)36(40,41)42;;;;;/h5-6,9-12,19-22,27-34H,7-8,13-18H2,1-4H3;5-20,33-34H,1-4H3;2*1H3;2*1H;/q;;2*-1;;;+4/p-2. The van der Waals surface area contributed by atoms with Crippen LogP contribution in [0, 0.1) is 50.4 Å². The van der Waals surface area contributed by atoms with E-state index >= 15 is 0 Å². The van der Waals surface area contributed by atoms with Crippen molar-refractivity contribution in [3.05, 3.63) is 215 Å². The normalized spacial score (nSPS) is 26.1. The number of allylic oxidation sites excluding steroid dienone is 2. The van der Waals surface area contributed by atoms with Crippen LogP contribution in [0.5, 0.6) is 0 Å².